The zero-order valence-corrected chi connectivity index (χ0v) is 44.1. The highest BCUT2D eigenvalue weighted by molar-refractivity contribution is 6.09. The van der Waals surface area contributed by atoms with E-state index in [9.17, 15) is 0 Å². The quantitative estimate of drug-likeness (QED) is 0.144. The monoisotopic (exact) mass is 935 g/mol. The predicted octanol–water partition coefficient (Wildman–Crippen LogP) is 17.8. The van der Waals surface area contributed by atoms with Gasteiger partial charge in [-0.1, -0.05) is 181 Å². The van der Waals surface area contributed by atoms with E-state index in [0.29, 0.717) is 6.67 Å². The van der Waals surface area contributed by atoms with E-state index in [0.717, 1.165) is 45.1 Å². The summed E-state index contributed by atoms with van der Waals surface area (Å²) in [7, 11) is 0. The predicted molar refractivity (Wildman–Crippen MR) is 300 cm³/mol. The summed E-state index contributed by atoms with van der Waals surface area (Å²) in [6, 6.07) is 62.6. The Bertz CT molecular complexity index is 3430. The number of benzene rings is 7. The molecule has 0 fully saturated rings. The van der Waals surface area contributed by atoms with Crippen molar-refractivity contribution >= 4 is 44.6 Å². The van der Waals surface area contributed by atoms with Crippen LogP contribution in [0.3, 0.4) is 0 Å². The van der Waals surface area contributed by atoms with E-state index >= 15 is 0 Å². The zero-order valence-electron chi connectivity index (χ0n) is 44.1. The van der Waals surface area contributed by atoms with E-state index in [1.54, 1.807) is 0 Å². The van der Waals surface area contributed by atoms with Gasteiger partial charge in [-0.3, -0.25) is 4.57 Å². The van der Waals surface area contributed by atoms with Crippen molar-refractivity contribution in [2.24, 2.45) is 0 Å². The molecule has 1 aliphatic rings. The summed E-state index contributed by atoms with van der Waals surface area (Å²) < 4.78 is 9.53. The van der Waals surface area contributed by atoms with E-state index in [2.05, 4.69) is 274 Å². The highest BCUT2D eigenvalue weighted by Crippen LogP contribution is 2.49. The molecule has 0 bridgehead atoms. The maximum absolute atomic E-state index is 7.19. The number of hydrogen-bond acceptors (Lipinski definition) is 4. The molecular formula is C66H70N4O. The molecule has 0 spiro atoms. The number of rotatable bonds is 9. The minimum atomic E-state index is -0.340. The Labute approximate surface area is 422 Å². The van der Waals surface area contributed by atoms with Gasteiger partial charge < -0.3 is 14.5 Å². The average molecular weight is 935 g/mol. The van der Waals surface area contributed by atoms with E-state index in [-0.39, 0.29) is 27.1 Å². The molecule has 0 atom stereocenters. The molecular weight excluding hydrogens is 865 g/mol. The Morgan fingerprint density at radius 2 is 0.915 bits per heavy atom. The fraction of sp³-hybridized carbons (Fsp3) is 0.288. The Balaban J connectivity index is 1.14. The molecule has 9 aromatic rings. The van der Waals surface area contributed by atoms with Crippen LogP contribution in [0.1, 0.15) is 129 Å². The van der Waals surface area contributed by atoms with Crippen LogP contribution in [-0.2, 0) is 27.1 Å². The third kappa shape index (κ3) is 8.90. The number of nitrogens with zero attached hydrogens (tertiary/aromatic N) is 4. The van der Waals surface area contributed by atoms with Crippen LogP contribution in [0.2, 0.25) is 0 Å². The lowest BCUT2D eigenvalue weighted by Crippen LogP contribution is -2.25. The van der Waals surface area contributed by atoms with Gasteiger partial charge in [-0.15, -0.1) is 0 Å². The molecule has 3 heterocycles. The first-order valence-corrected chi connectivity index (χ1v) is 25.4. The Morgan fingerprint density at radius 3 is 1.56 bits per heavy atom. The van der Waals surface area contributed by atoms with Crippen molar-refractivity contribution in [3.8, 4) is 17.3 Å². The van der Waals surface area contributed by atoms with Gasteiger partial charge in [0.2, 0.25) is 0 Å². The molecule has 0 N–H and O–H groups in total. The highest BCUT2D eigenvalue weighted by atomic mass is 16.5. The van der Waals surface area contributed by atoms with E-state index in [4.69, 9.17) is 9.72 Å². The molecule has 360 valence electrons. The van der Waals surface area contributed by atoms with Crippen LogP contribution in [0, 0.1) is 0 Å². The van der Waals surface area contributed by atoms with Crippen molar-refractivity contribution in [2.75, 3.05) is 16.5 Å². The minimum absolute atomic E-state index is 0.00128. The van der Waals surface area contributed by atoms with Crippen LogP contribution < -0.4 is 14.5 Å². The lowest BCUT2D eigenvalue weighted by atomic mass is 9.77. The molecule has 71 heavy (non-hydrogen) atoms. The molecule has 0 aliphatic carbocycles. The molecule has 7 aromatic carbocycles. The van der Waals surface area contributed by atoms with Crippen molar-refractivity contribution in [3.63, 3.8) is 0 Å². The number of ether oxygens (including phenoxy) is 1. The summed E-state index contributed by atoms with van der Waals surface area (Å²) in [5.41, 5.74) is 15.0. The van der Waals surface area contributed by atoms with Gasteiger partial charge in [0.05, 0.1) is 22.4 Å². The third-order valence-electron chi connectivity index (χ3n) is 15.2. The number of anilines is 4. The van der Waals surface area contributed by atoms with Gasteiger partial charge in [-0.25, -0.2) is 4.98 Å². The maximum Gasteiger partial charge on any atom is 0.137 e. The summed E-state index contributed by atoms with van der Waals surface area (Å²) in [6.07, 6.45) is 1.95. The molecule has 0 saturated carbocycles. The van der Waals surface area contributed by atoms with Gasteiger partial charge >= 0.3 is 0 Å². The number of aromatic nitrogens is 2. The normalized spacial score (nSPS) is 13.6. The largest absolute Gasteiger partial charge is 0.457 e. The van der Waals surface area contributed by atoms with Gasteiger partial charge in [0.25, 0.3) is 0 Å². The summed E-state index contributed by atoms with van der Waals surface area (Å²) >= 11 is 0. The summed E-state index contributed by atoms with van der Waals surface area (Å²) in [6.45, 7) is 30.4. The van der Waals surface area contributed by atoms with Crippen molar-refractivity contribution in [2.45, 2.75) is 117 Å². The second-order valence-corrected chi connectivity index (χ2v) is 24.0. The highest BCUT2D eigenvalue weighted by Gasteiger charge is 2.34. The second kappa shape index (κ2) is 17.3. The van der Waals surface area contributed by atoms with Crippen molar-refractivity contribution in [3.05, 3.63) is 215 Å². The molecule has 1 aliphatic heterocycles. The second-order valence-electron chi connectivity index (χ2n) is 24.0. The molecule has 0 amide bonds. The van der Waals surface area contributed by atoms with Crippen LogP contribution in [0.5, 0.6) is 11.5 Å². The number of pyridine rings is 1. The first-order valence-electron chi connectivity index (χ1n) is 25.4. The van der Waals surface area contributed by atoms with Gasteiger partial charge in [-0.2, -0.15) is 0 Å². The van der Waals surface area contributed by atoms with Crippen LogP contribution in [0.4, 0.5) is 22.7 Å². The molecule has 0 radical (unpaired) electrons. The first kappa shape index (κ1) is 47.6. The van der Waals surface area contributed by atoms with E-state index in [1.807, 2.05) is 6.20 Å². The summed E-state index contributed by atoms with van der Waals surface area (Å²) in [4.78, 5) is 10.00. The SMILES string of the molecule is CC(C)(C)c1cccc(N2CN(c3cc(Oc4ccc5c6ccc(C(C)(C)C)cc6n(-c6cc(C(C)(C)C)ccn6)c5c4)cc(C(C)(C)c4ccccc4)c3)c3ccc(C(C)(C)c4ccccc4)cc32)c1. The molecule has 5 heteroatoms. The van der Waals surface area contributed by atoms with Crippen molar-refractivity contribution < 1.29 is 4.74 Å². The molecule has 2 aromatic heterocycles. The van der Waals surface area contributed by atoms with Gasteiger partial charge in [0.1, 0.15) is 24.0 Å². The lowest BCUT2D eigenvalue weighted by molar-refractivity contribution is 0.480. The fourth-order valence-electron chi connectivity index (χ4n) is 10.4. The minimum Gasteiger partial charge on any atom is -0.457 e. The maximum atomic E-state index is 7.19. The lowest BCUT2D eigenvalue weighted by Gasteiger charge is -2.29. The zero-order chi connectivity index (χ0) is 50.3. The van der Waals surface area contributed by atoms with Gasteiger partial charge in [0.15, 0.2) is 0 Å². The Morgan fingerprint density at radius 1 is 0.380 bits per heavy atom. The number of hydrogen-bond donors (Lipinski definition) is 0. The average Bonchev–Trinajstić information content (AvgIpc) is 3.89. The topological polar surface area (TPSA) is 33.5 Å². The van der Waals surface area contributed by atoms with Crippen molar-refractivity contribution in [1.82, 2.24) is 9.55 Å². The standard InChI is InChI=1S/C66H70N4O/c1-62(2,3)46-25-20-26-51(35-46)68-43-69(57-32-28-49(39-60(57)68)65(10,11)44-21-16-14-17-22-44)52-36-50(66(12,13)45-23-18-15-19-24-45)37-54(41-52)71-53-29-31-56-55-30-27-47(63(4,5)6)38-58(55)70(59(56)42-53)61-40-48(33-34-67-61)64(7,8)9/h14-42H,43H2,1-13H3. The van der Waals surface area contributed by atoms with Crippen LogP contribution >= 0.6 is 0 Å². The number of fused-ring (bicyclic) bond motifs is 4. The van der Waals surface area contributed by atoms with Gasteiger partial charge in [-0.05, 0) is 122 Å². The summed E-state index contributed by atoms with van der Waals surface area (Å²) in [5, 5.41) is 2.35. The van der Waals surface area contributed by atoms with Crippen LogP contribution in [0.25, 0.3) is 27.6 Å². The molecule has 10 rings (SSSR count). The van der Waals surface area contributed by atoms with Crippen LogP contribution in [0.15, 0.2) is 176 Å². The molecule has 5 nitrogen and oxygen atoms in total. The molecule has 0 saturated heterocycles. The molecule has 0 unspecified atom stereocenters. The van der Waals surface area contributed by atoms with E-state index in [1.165, 1.54) is 55.7 Å². The van der Waals surface area contributed by atoms with Gasteiger partial charge in [0, 0.05) is 51.3 Å². The van der Waals surface area contributed by atoms with Crippen LogP contribution in [-0.4, -0.2) is 16.2 Å². The first-order chi connectivity index (χ1) is 33.6. The Hall–Kier alpha value is -7.11. The third-order valence-corrected chi connectivity index (χ3v) is 15.2. The smallest absolute Gasteiger partial charge is 0.137 e. The summed E-state index contributed by atoms with van der Waals surface area (Å²) in [5.74, 6) is 2.44. The Kier molecular flexibility index (Phi) is 11.6. The van der Waals surface area contributed by atoms with E-state index < -0.39 is 0 Å². The van der Waals surface area contributed by atoms with Crippen molar-refractivity contribution in [1.29, 1.82) is 0 Å². The fourth-order valence-corrected chi connectivity index (χ4v) is 10.4.